The van der Waals surface area contributed by atoms with Crippen molar-refractivity contribution in [2.24, 2.45) is 0 Å². The van der Waals surface area contributed by atoms with Gasteiger partial charge in [0.25, 0.3) is 0 Å². The summed E-state index contributed by atoms with van der Waals surface area (Å²) >= 11 is 1.31. The number of hydrogen-bond acceptors (Lipinski definition) is 4. The van der Waals surface area contributed by atoms with Gasteiger partial charge in [0, 0.05) is 18.8 Å². The van der Waals surface area contributed by atoms with Gasteiger partial charge in [0.05, 0.1) is 11.4 Å². The highest BCUT2D eigenvalue weighted by Crippen LogP contribution is 2.35. The van der Waals surface area contributed by atoms with Gasteiger partial charge < -0.3 is 4.90 Å². The molecular formula is C18H27N3OS. The van der Waals surface area contributed by atoms with Crippen molar-refractivity contribution in [3.8, 4) is 0 Å². The quantitative estimate of drug-likeness (QED) is 0.802. The lowest BCUT2D eigenvalue weighted by molar-refractivity contribution is -0.115. The van der Waals surface area contributed by atoms with E-state index in [0.717, 1.165) is 42.9 Å². The molecule has 0 radical (unpaired) electrons. The van der Waals surface area contributed by atoms with Crippen LogP contribution in [0.3, 0.4) is 0 Å². The van der Waals surface area contributed by atoms with E-state index >= 15 is 0 Å². The number of amidine groups is 1. The predicted octanol–water partition coefficient (Wildman–Crippen LogP) is 4.45. The molecule has 1 fully saturated rings. The van der Waals surface area contributed by atoms with Gasteiger partial charge >= 0.3 is 0 Å². The van der Waals surface area contributed by atoms with E-state index in [4.69, 9.17) is 5.41 Å². The van der Waals surface area contributed by atoms with E-state index in [0.29, 0.717) is 16.8 Å². The Kier molecular flexibility index (Phi) is 6.10. The Morgan fingerprint density at radius 3 is 2.39 bits per heavy atom. The Balaban J connectivity index is 2.47. The van der Waals surface area contributed by atoms with Gasteiger partial charge in [-0.15, -0.1) is 0 Å². The summed E-state index contributed by atoms with van der Waals surface area (Å²) in [5, 5.41) is 8.45. The second-order valence-electron chi connectivity index (χ2n) is 6.21. The highest BCUT2D eigenvalue weighted by atomic mass is 32.2. The first-order chi connectivity index (χ1) is 11.0. The van der Waals surface area contributed by atoms with Crippen LogP contribution in [0, 0.1) is 5.41 Å². The smallest absolute Gasteiger partial charge is 0.243 e. The molecule has 0 unspecified atom stereocenters. The zero-order valence-corrected chi connectivity index (χ0v) is 15.4. The van der Waals surface area contributed by atoms with Crippen LogP contribution in [-0.4, -0.2) is 29.9 Å². The van der Waals surface area contributed by atoms with E-state index in [1.807, 2.05) is 0 Å². The SMILES string of the molecule is CCCN(CCC)c1ccc(C(C)C)c(N2C(=N)SCC2=O)c1. The third-order valence-electron chi connectivity index (χ3n) is 4.01. The van der Waals surface area contributed by atoms with Crippen LogP contribution in [0.2, 0.25) is 0 Å². The van der Waals surface area contributed by atoms with Crippen molar-refractivity contribution in [3.63, 3.8) is 0 Å². The summed E-state index contributed by atoms with van der Waals surface area (Å²) in [4.78, 5) is 16.2. The van der Waals surface area contributed by atoms with E-state index in [9.17, 15) is 4.79 Å². The lowest BCUT2D eigenvalue weighted by Crippen LogP contribution is -2.31. The number of nitrogens with zero attached hydrogens (tertiary/aromatic N) is 2. The zero-order valence-electron chi connectivity index (χ0n) is 14.6. The largest absolute Gasteiger partial charge is 0.371 e. The van der Waals surface area contributed by atoms with Gasteiger partial charge in [0.1, 0.15) is 0 Å². The molecule has 1 aliphatic rings. The molecule has 1 N–H and O–H groups in total. The molecule has 0 aromatic heterocycles. The van der Waals surface area contributed by atoms with Crippen LogP contribution < -0.4 is 9.80 Å². The topological polar surface area (TPSA) is 47.4 Å². The Bertz CT molecular complexity index is 564. The van der Waals surface area contributed by atoms with Crippen LogP contribution in [-0.2, 0) is 4.79 Å². The van der Waals surface area contributed by atoms with E-state index in [-0.39, 0.29) is 5.91 Å². The molecule has 1 saturated heterocycles. The standard InChI is InChI=1S/C18H27N3OS/c1-5-9-20(10-6-2)14-7-8-15(13(3)4)16(11-14)21-17(22)12-23-18(21)19/h7-8,11,13,19H,5-6,9-10,12H2,1-4H3. The number of benzene rings is 1. The van der Waals surface area contributed by atoms with Crippen molar-refractivity contribution in [2.75, 3.05) is 28.6 Å². The molecule has 5 heteroatoms. The second kappa shape index (κ2) is 7.86. The van der Waals surface area contributed by atoms with Gasteiger partial charge in [-0.05, 0) is 36.5 Å². The monoisotopic (exact) mass is 333 g/mol. The first-order valence-electron chi connectivity index (χ1n) is 8.42. The molecule has 23 heavy (non-hydrogen) atoms. The average molecular weight is 334 g/mol. The van der Waals surface area contributed by atoms with Crippen molar-refractivity contribution in [3.05, 3.63) is 23.8 Å². The van der Waals surface area contributed by atoms with Crippen LogP contribution in [0.4, 0.5) is 11.4 Å². The Labute approximate surface area is 143 Å². The highest BCUT2D eigenvalue weighted by molar-refractivity contribution is 8.15. The number of anilines is 2. The maximum absolute atomic E-state index is 12.2. The van der Waals surface area contributed by atoms with Gasteiger partial charge in [-0.2, -0.15) is 0 Å². The van der Waals surface area contributed by atoms with Gasteiger partial charge in [-0.1, -0.05) is 45.5 Å². The van der Waals surface area contributed by atoms with Crippen molar-refractivity contribution in [1.29, 1.82) is 5.41 Å². The molecule has 1 heterocycles. The maximum atomic E-state index is 12.2. The molecular weight excluding hydrogens is 306 g/mol. The molecule has 1 aliphatic heterocycles. The van der Waals surface area contributed by atoms with Crippen LogP contribution >= 0.6 is 11.8 Å². The fourth-order valence-corrected chi connectivity index (χ4v) is 3.66. The lowest BCUT2D eigenvalue weighted by atomic mass is 9.99. The second-order valence-corrected chi connectivity index (χ2v) is 7.17. The first-order valence-corrected chi connectivity index (χ1v) is 9.41. The number of thioether (sulfide) groups is 1. The average Bonchev–Trinajstić information content (AvgIpc) is 2.85. The summed E-state index contributed by atoms with van der Waals surface area (Å²) in [5.41, 5.74) is 3.16. The van der Waals surface area contributed by atoms with Gasteiger partial charge in [0.15, 0.2) is 5.17 Å². The molecule has 4 nitrogen and oxygen atoms in total. The van der Waals surface area contributed by atoms with E-state index in [1.54, 1.807) is 4.90 Å². The Hall–Kier alpha value is -1.49. The number of hydrogen-bond donors (Lipinski definition) is 1. The van der Waals surface area contributed by atoms with E-state index in [1.165, 1.54) is 11.8 Å². The normalized spacial score (nSPS) is 14.9. The van der Waals surface area contributed by atoms with E-state index < -0.39 is 0 Å². The number of amides is 1. The number of carbonyl (C=O) groups is 1. The fourth-order valence-electron chi connectivity index (χ4n) is 2.94. The predicted molar refractivity (Wildman–Crippen MR) is 101 cm³/mol. The summed E-state index contributed by atoms with van der Waals surface area (Å²) in [7, 11) is 0. The molecule has 2 rings (SSSR count). The van der Waals surface area contributed by atoms with Crippen molar-refractivity contribution >= 4 is 34.2 Å². The summed E-state index contributed by atoms with van der Waals surface area (Å²) in [6.07, 6.45) is 2.19. The molecule has 0 spiro atoms. The van der Waals surface area contributed by atoms with Crippen LogP contribution in [0.25, 0.3) is 0 Å². The van der Waals surface area contributed by atoms with Crippen LogP contribution in [0.15, 0.2) is 18.2 Å². The van der Waals surface area contributed by atoms with Gasteiger partial charge in [0.2, 0.25) is 5.91 Å². The van der Waals surface area contributed by atoms with Gasteiger partial charge in [-0.25, -0.2) is 0 Å². The highest BCUT2D eigenvalue weighted by Gasteiger charge is 2.30. The third kappa shape index (κ3) is 3.89. The van der Waals surface area contributed by atoms with Crippen molar-refractivity contribution in [2.45, 2.75) is 46.5 Å². The fraction of sp³-hybridized carbons (Fsp3) is 0.556. The maximum Gasteiger partial charge on any atom is 0.243 e. The molecule has 0 bridgehead atoms. The number of nitrogens with one attached hydrogen (secondary N) is 1. The first kappa shape index (κ1) is 17.9. The summed E-state index contributed by atoms with van der Waals surface area (Å²) in [6.45, 7) is 10.6. The molecule has 1 aromatic carbocycles. The van der Waals surface area contributed by atoms with Crippen LogP contribution in [0.1, 0.15) is 52.0 Å². The summed E-state index contributed by atoms with van der Waals surface area (Å²) in [5.74, 6) is 0.696. The Morgan fingerprint density at radius 2 is 1.91 bits per heavy atom. The minimum absolute atomic E-state index is 0.0107. The summed E-state index contributed by atoms with van der Waals surface area (Å²) in [6, 6.07) is 6.37. The van der Waals surface area contributed by atoms with Crippen LogP contribution in [0.5, 0.6) is 0 Å². The third-order valence-corrected chi connectivity index (χ3v) is 4.86. The molecule has 0 aliphatic carbocycles. The van der Waals surface area contributed by atoms with Gasteiger partial charge in [-0.3, -0.25) is 15.1 Å². The lowest BCUT2D eigenvalue weighted by Gasteiger charge is -2.27. The molecule has 1 amide bonds. The number of carbonyl (C=O) groups excluding carboxylic acids is 1. The molecule has 1 aromatic rings. The molecule has 0 saturated carbocycles. The zero-order chi connectivity index (χ0) is 17.0. The minimum Gasteiger partial charge on any atom is -0.371 e. The van der Waals surface area contributed by atoms with E-state index in [2.05, 4.69) is 50.8 Å². The summed E-state index contributed by atoms with van der Waals surface area (Å²) < 4.78 is 0. The molecule has 126 valence electrons. The number of rotatable bonds is 7. The Morgan fingerprint density at radius 1 is 1.26 bits per heavy atom. The van der Waals surface area contributed by atoms with Crippen molar-refractivity contribution < 1.29 is 4.79 Å². The minimum atomic E-state index is 0.0107. The molecule has 0 atom stereocenters. The van der Waals surface area contributed by atoms with Crippen molar-refractivity contribution in [1.82, 2.24) is 0 Å².